The van der Waals surface area contributed by atoms with Crippen LogP contribution in [0.3, 0.4) is 0 Å². The van der Waals surface area contributed by atoms with E-state index < -0.39 is 4.92 Å². The minimum absolute atomic E-state index is 0.145. The topological polar surface area (TPSA) is 43.1 Å². The lowest BCUT2D eigenvalue weighted by Crippen LogP contribution is -1.86. The van der Waals surface area contributed by atoms with Crippen molar-refractivity contribution in [2.45, 2.75) is 0 Å². The zero-order chi connectivity index (χ0) is 8.27. The van der Waals surface area contributed by atoms with Gasteiger partial charge >= 0.3 is 0 Å². The van der Waals surface area contributed by atoms with Crippen LogP contribution in [-0.2, 0) is 0 Å². The van der Waals surface area contributed by atoms with Crippen LogP contribution in [0.25, 0.3) is 0 Å². The van der Waals surface area contributed by atoms with Gasteiger partial charge in [-0.05, 0) is 12.1 Å². The fourth-order valence-corrected chi connectivity index (χ4v) is 1.52. The second kappa shape index (κ2) is 3.56. The molecule has 0 aliphatic carbocycles. The van der Waals surface area contributed by atoms with E-state index in [1.807, 2.05) is 0 Å². The predicted octanol–water partition coefficient (Wildman–Crippen LogP) is 2.17. The Labute approximate surface area is 73.9 Å². The molecule has 0 fully saturated rings. The van der Waals surface area contributed by atoms with Gasteiger partial charge in [0.25, 0.3) is 5.69 Å². The second-order valence-electron chi connectivity index (χ2n) is 1.87. The summed E-state index contributed by atoms with van der Waals surface area (Å²) in [5.41, 5.74) is 0.145. The maximum atomic E-state index is 10.2. The monoisotopic (exact) mass is 263 g/mol. The molecule has 0 spiro atoms. The maximum Gasteiger partial charge on any atom is 0.269 e. The van der Waals surface area contributed by atoms with Gasteiger partial charge in [-0.1, -0.05) is 25.2 Å². The maximum absolute atomic E-state index is 10.2. The van der Waals surface area contributed by atoms with E-state index in [1.165, 1.54) is 12.1 Å². The fourth-order valence-electron chi connectivity index (χ4n) is 0.652. The first kappa shape index (κ1) is 8.32. The van der Waals surface area contributed by atoms with Crippen molar-refractivity contribution in [3.63, 3.8) is 0 Å². The van der Waals surface area contributed by atoms with Gasteiger partial charge in [0.15, 0.2) is 0 Å². The van der Waals surface area contributed by atoms with Crippen LogP contribution in [0.15, 0.2) is 24.3 Å². The summed E-state index contributed by atoms with van der Waals surface area (Å²) < 4.78 is 4.89. The highest BCUT2D eigenvalue weighted by atomic mass is 127. The fraction of sp³-hybridized carbons (Fsp3) is 0. The summed E-state index contributed by atoms with van der Waals surface area (Å²) >= 11 is -0.196. The number of hydrogen-bond acceptors (Lipinski definition) is 2. The van der Waals surface area contributed by atoms with Crippen molar-refractivity contribution < 1.29 is 4.92 Å². The van der Waals surface area contributed by atoms with Crippen molar-refractivity contribution in [3.05, 3.63) is 37.9 Å². The van der Waals surface area contributed by atoms with Crippen LogP contribution in [0.5, 0.6) is 0 Å². The molecule has 1 aromatic carbocycles. The summed E-state index contributed by atoms with van der Waals surface area (Å²) in [6.07, 6.45) is 0. The predicted molar refractivity (Wildman–Crippen MR) is 52.9 cm³/mol. The first-order valence-corrected chi connectivity index (χ1v) is 5.47. The van der Waals surface area contributed by atoms with Gasteiger partial charge < -0.3 is 0 Å². The number of nitro benzene ring substituents is 1. The molecule has 0 unspecified atom stereocenters. The molecule has 1 rings (SSSR count). The Bertz CT molecular complexity index is 281. The molecule has 0 N–H and O–H groups in total. The van der Waals surface area contributed by atoms with Crippen molar-refractivity contribution >= 4 is 30.9 Å². The van der Waals surface area contributed by atoms with Gasteiger partial charge in [0.05, 0.1) is 4.92 Å². The molecular weight excluding hydrogens is 257 g/mol. The number of hydrogen-bond donors (Lipinski definition) is 0. The molecule has 11 heavy (non-hydrogen) atoms. The van der Waals surface area contributed by atoms with Gasteiger partial charge in [-0.25, -0.2) is 0 Å². The molecule has 0 saturated heterocycles. The van der Waals surface area contributed by atoms with Crippen LogP contribution in [0.2, 0.25) is 0 Å². The standard InChI is InChI=1S/C7H6INO2/c1-8-6-2-4-7(5-3-6)9(10)11/h2-5H,1H2. The summed E-state index contributed by atoms with van der Waals surface area (Å²) in [4.78, 5) is 9.80. The van der Waals surface area contributed by atoms with Crippen molar-refractivity contribution in [1.82, 2.24) is 0 Å². The smallest absolute Gasteiger partial charge is 0.258 e. The lowest BCUT2D eigenvalue weighted by atomic mass is 10.3. The molecule has 0 atom stereocenters. The zero-order valence-electron chi connectivity index (χ0n) is 5.66. The molecule has 0 heterocycles. The van der Waals surface area contributed by atoms with Crippen LogP contribution in [0, 0.1) is 13.7 Å². The Kier molecular flexibility index (Phi) is 2.70. The van der Waals surface area contributed by atoms with Gasteiger partial charge in [-0.2, -0.15) is 0 Å². The van der Waals surface area contributed by atoms with E-state index in [0.717, 1.165) is 3.57 Å². The minimum Gasteiger partial charge on any atom is -0.258 e. The third-order valence-corrected chi connectivity index (χ3v) is 2.79. The average Bonchev–Trinajstić information content (AvgIpc) is 2.05. The normalized spacial score (nSPS) is 9.45. The van der Waals surface area contributed by atoms with E-state index in [2.05, 4.69) is 4.51 Å². The van der Waals surface area contributed by atoms with E-state index in [1.54, 1.807) is 12.1 Å². The Balaban J connectivity index is 3.00. The zero-order valence-corrected chi connectivity index (χ0v) is 7.82. The van der Waals surface area contributed by atoms with Crippen LogP contribution in [0.4, 0.5) is 5.69 Å². The Morgan fingerprint density at radius 1 is 1.36 bits per heavy atom. The summed E-state index contributed by atoms with van der Waals surface area (Å²) in [6, 6.07) is 6.55. The Morgan fingerprint density at radius 2 is 1.91 bits per heavy atom. The van der Waals surface area contributed by atoms with Gasteiger partial charge in [-0.3, -0.25) is 10.1 Å². The van der Waals surface area contributed by atoms with Crippen molar-refractivity contribution in [2.75, 3.05) is 0 Å². The van der Waals surface area contributed by atoms with Crippen molar-refractivity contribution in [2.24, 2.45) is 0 Å². The highest BCUT2D eigenvalue weighted by molar-refractivity contribution is 14.2. The molecule has 0 aliphatic rings. The Hall–Kier alpha value is -0.780. The molecule has 0 bridgehead atoms. The molecular formula is C7H6INO2. The SMILES string of the molecule is C=Ic1ccc([N+](=O)[O-])cc1. The summed E-state index contributed by atoms with van der Waals surface area (Å²) in [5, 5.41) is 10.2. The van der Waals surface area contributed by atoms with Crippen LogP contribution in [-0.4, -0.2) is 9.44 Å². The number of benzene rings is 1. The first-order valence-electron chi connectivity index (χ1n) is 2.87. The summed E-state index contributed by atoms with van der Waals surface area (Å²) in [5.74, 6) is 0. The number of nitro groups is 1. The molecule has 3 nitrogen and oxygen atoms in total. The van der Waals surface area contributed by atoms with Gasteiger partial charge in [0.1, 0.15) is 0 Å². The molecule has 58 valence electrons. The first-order chi connectivity index (χ1) is 5.24. The van der Waals surface area contributed by atoms with Crippen LogP contribution >= 0.6 is 20.7 Å². The Morgan fingerprint density at radius 3 is 2.27 bits per heavy atom. The minimum atomic E-state index is -0.398. The highest BCUT2D eigenvalue weighted by Gasteiger charge is 2.01. The average molecular weight is 263 g/mol. The quantitative estimate of drug-likeness (QED) is 0.466. The molecule has 0 radical (unpaired) electrons. The third kappa shape index (κ3) is 2.07. The van der Waals surface area contributed by atoms with E-state index in [-0.39, 0.29) is 26.4 Å². The lowest BCUT2D eigenvalue weighted by molar-refractivity contribution is -0.384. The molecule has 0 amide bonds. The largest absolute Gasteiger partial charge is 0.269 e. The number of rotatable bonds is 2. The van der Waals surface area contributed by atoms with Crippen LogP contribution < -0.4 is 0 Å². The van der Waals surface area contributed by atoms with E-state index >= 15 is 0 Å². The lowest BCUT2D eigenvalue weighted by Gasteiger charge is -1.90. The van der Waals surface area contributed by atoms with Gasteiger partial charge in [0, 0.05) is 15.7 Å². The number of nitrogens with zero attached hydrogens (tertiary/aromatic N) is 1. The van der Waals surface area contributed by atoms with E-state index in [0.29, 0.717) is 0 Å². The molecule has 0 aromatic heterocycles. The number of non-ortho nitro benzene ring substituents is 1. The van der Waals surface area contributed by atoms with Crippen molar-refractivity contribution in [3.8, 4) is 0 Å². The molecule has 4 heteroatoms. The van der Waals surface area contributed by atoms with Crippen molar-refractivity contribution in [1.29, 1.82) is 0 Å². The highest BCUT2D eigenvalue weighted by Crippen LogP contribution is 2.15. The third-order valence-electron chi connectivity index (χ3n) is 1.19. The van der Waals surface area contributed by atoms with Gasteiger partial charge in [-0.15, -0.1) is 0 Å². The molecule has 0 aliphatic heterocycles. The van der Waals surface area contributed by atoms with Gasteiger partial charge in [0.2, 0.25) is 0 Å². The van der Waals surface area contributed by atoms with Crippen LogP contribution in [0.1, 0.15) is 0 Å². The second-order valence-corrected chi connectivity index (χ2v) is 3.88. The van der Waals surface area contributed by atoms with E-state index in [4.69, 9.17) is 0 Å². The summed E-state index contributed by atoms with van der Waals surface area (Å²) in [7, 11) is 0. The molecule has 0 saturated carbocycles. The number of halogens is 1. The summed E-state index contributed by atoms with van der Waals surface area (Å²) in [6.45, 7) is 0. The van der Waals surface area contributed by atoms with E-state index in [9.17, 15) is 10.1 Å². The molecule has 1 aromatic rings.